The van der Waals surface area contributed by atoms with Gasteiger partial charge in [0.1, 0.15) is 12.4 Å². The second-order valence-electron chi connectivity index (χ2n) is 8.98. The van der Waals surface area contributed by atoms with Gasteiger partial charge < -0.3 is 18.8 Å². The molecular formula is C28H32N2O4. The molecule has 0 unspecified atom stereocenters. The van der Waals surface area contributed by atoms with Crippen molar-refractivity contribution in [1.29, 1.82) is 0 Å². The normalized spacial score (nSPS) is 17.7. The number of benzene rings is 2. The Kier molecular flexibility index (Phi) is 6.97. The SMILES string of the molecule is C=Cc1c(OCCN2CCC(c3ccccc3)CC2)ccc2c(=O)cc(N3CCOCC3)oc12. The van der Waals surface area contributed by atoms with Gasteiger partial charge in [0.2, 0.25) is 0 Å². The van der Waals surface area contributed by atoms with Gasteiger partial charge in [-0.25, -0.2) is 0 Å². The summed E-state index contributed by atoms with van der Waals surface area (Å²) >= 11 is 0. The number of anilines is 1. The lowest BCUT2D eigenvalue weighted by atomic mass is 9.89. The van der Waals surface area contributed by atoms with E-state index in [-0.39, 0.29) is 5.43 Å². The van der Waals surface area contributed by atoms with E-state index in [4.69, 9.17) is 13.9 Å². The summed E-state index contributed by atoms with van der Waals surface area (Å²) in [6.07, 6.45) is 4.07. The minimum Gasteiger partial charge on any atom is -0.491 e. The molecule has 1 aromatic heterocycles. The standard InChI is InChI=1S/C28H32N2O4/c1-2-23-26(33-19-14-29-12-10-22(11-13-29)21-6-4-3-5-7-21)9-8-24-25(31)20-27(34-28(23)24)30-15-17-32-18-16-30/h2-9,20,22H,1,10-19H2. The molecule has 3 heterocycles. The van der Waals surface area contributed by atoms with Gasteiger partial charge in [0.15, 0.2) is 16.9 Å². The van der Waals surface area contributed by atoms with Crippen molar-refractivity contribution in [1.82, 2.24) is 4.90 Å². The van der Waals surface area contributed by atoms with E-state index in [9.17, 15) is 4.79 Å². The lowest BCUT2D eigenvalue weighted by Gasteiger charge is -2.32. The van der Waals surface area contributed by atoms with Gasteiger partial charge in [0.05, 0.1) is 24.2 Å². The Hall–Kier alpha value is -3.09. The van der Waals surface area contributed by atoms with Crippen molar-refractivity contribution in [2.24, 2.45) is 0 Å². The monoisotopic (exact) mass is 460 g/mol. The van der Waals surface area contributed by atoms with Crippen LogP contribution >= 0.6 is 0 Å². The first kappa shape index (κ1) is 22.7. The molecular weight excluding hydrogens is 428 g/mol. The van der Waals surface area contributed by atoms with Gasteiger partial charge in [-0.1, -0.05) is 43.0 Å². The molecule has 2 aliphatic heterocycles. The minimum absolute atomic E-state index is 0.0568. The molecule has 178 valence electrons. The minimum atomic E-state index is -0.0568. The van der Waals surface area contributed by atoms with E-state index < -0.39 is 0 Å². The largest absolute Gasteiger partial charge is 0.491 e. The predicted octanol–water partition coefficient (Wildman–Crippen LogP) is 4.53. The Labute approximate surface area is 200 Å². The van der Waals surface area contributed by atoms with Crippen LogP contribution in [0.25, 0.3) is 17.0 Å². The van der Waals surface area contributed by atoms with Crippen LogP contribution in [0.5, 0.6) is 5.75 Å². The van der Waals surface area contributed by atoms with Crippen LogP contribution in [0.2, 0.25) is 0 Å². The molecule has 34 heavy (non-hydrogen) atoms. The number of hydrogen-bond donors (Lipinski definition) is 0. The molecule has 6 nitrogen and oxygen atoms in total. The molecule has 0 amide bonds. The first-order valence-corrected chi connectivity index (χ1v) is 12.2. The zero-order valence-corrected chi connectivity index (χ0v) is 19.6. The van der Waals surface area contributed by atoms with Crippen molar-refractivity contribution in [2.75, 3.05) is 57.4 Å². The summed E-state index contributed by atoms with van der Waals surface area (Å²) in [5.41, 5.74) is 2.65. The predicted molar refractivity (Wildman–Crippen MR) is 136 cm³/mol. The maximum atomic E-state index is 12.8. The van der Waals surface area contributed by atoms with E-state index in [2.05, 4.69) is 41.8 Å². The molecule has 0 aliphatic carbocycles. The second kappa shape index (κ2) is 10.5. The van der Waals surface area contributed by atoms with Crippen LogP contribution in [0.15, 0.2) is 64.3 Å². The number of fused-ring (bicyclic) bond motifs is 1. The van der Waals surface area contributed by atoms with Crippen molar-refractivity contribution in [3.8, 4) is 5.75 Å². The molecule has 0 atom stereocenters. The molecule has 5 rings (SSSR count). The quantitative estimate of drug-likeness (QED) is 0.516. The molecule has 2 aliphatic rings. The van der Waals surface area contributed by atoms with Crippen LogP contribution in [0.1, 0.15) is 29.9 Å². The fourth-order valence-electron chi connectivity index (χ4n) is 4.97. The maximum absolute atomic E-state index is 12.8. The fourth-order valence-corrected chi connectivity index (χ4v) is 4.97. The van der Waals surface area contributed by atoms with E-state index in [1.54, 1.807) is 18.2 Å². The number of morpholine rings is 1. The lowest BCUT2D eigenvalue weighted by Crippen LogP contribution is -2.36. The molecule has 0 saturated carbocycles. The summed E-state index contributed by atoms with van der Waals surface area (Å²) in [5, 5.41) is 0.544. The Morgan fingerprint density at radius 2 is 1.79 bits per heavy atom. The Bertz CT molecular complexity index is 1180. The topological polar surface area (TPSA) is 55.2 Å². The van der Waals surface area contributed by atoms with Gasteiger partial charge in [-0.2, -0.15) is 0 Å². The van der Waals surface area contributed by atoms with Gasteiger partial charge in [-0.05, 0) is 49.5 Å². The van der Waals surface area contributed by atoms with E-state index in [0.717, 1.165) is 25.2 Å². The average Bonchev–Trinajstić information content (AvgIpc) is 2.90. The van der Waals surface area contributed by atoms with Crippen molar-refractivity contribution in [3.63, 3.8) is 0 Å². The fraction of sp³-hybridized carbons (Fsp3) is 0.393. The zero-order chi connectivity index (χ0) is 23.3. The molecule has 3 aromatic rings. The van der Waals surface area contributed by atoms with Gasteiger partial charge in [-0.15, -0.1) is 0 Å². The highest BCUT2D eigenvalue weighted by molar-refractivity contribution is 5.88. The first-order valence-electron chi connectivity index (χ1n) is 12.2. The smallest absolute Gasteiger partial charge is 0.200 e. The van der Waals surface area contributed by atoms with Gasteiger partial charge in [0.25, 0.3) is 0 Å². The van der Waals surface area contributed by atoms with E-state index in [0.29, 0.717) is 61.4 Å². The molecule has 2 aromatic carbocycles. The number of likely N-dealkylation sites (tertiary alicyclic amines) is 1. The number of ether oxygens (including phenoxy) is 2. The Morgan fingerprint density at radius 3 is 2.53 bits per heavy atom. The lowest BCUT2D eigenvalue weighted by molar-refractivity contribution is 0.121. The van der Waals surface area contributed by atoms with Crippen LogP contribution in [0, 0.1) is 0 Å². The number of nitrogens with zero attached hydrogens (tertiary/aromatic N) is 2. The Balaban J connectivity index is 1.25. The summed E-state index contributed by atoms with van der Waals surface area (Å²) in [5.74, 6) is 1.92. The zero-order valence-electron chi connectivity index (χ0n) is 19.6. The number of rotatable bonds is 7. The molecule has 2 saturated heterocycles. The third-order valence-electron chi connectivity index (χ3n) is 6.93. The van der Waals surface area contributed by atoms with Crippen molar-refractivity contribution >= 4 is 22.9 Å². The van der Waals surface area contributed by atoms with Gasteiger partial charge in [0, 0.05) is 25.7 Å². The molecule has 0 bridgehead atoms. The molecule has 0 spiro atoms. The maximum Gasteiger partial charge on any atom is 0.200 e. The van der Waals surface area contributed by atoms with E-state index in [1.165, 1.54) is 18.4 Å². The second-order valence-corrected chi connectivity index (χ2v) is 8.98. The summed E-state index contributed by atoms with van der Waals surface area (Å²) < 4.78 is 17.8. The summed E-state index contributed by atoms with van der Waals surface area (Å²) in [6.45, 7) is 10.2. The van der Waals surface area contributed by atoms with E-state index >= 15 is 0 Å². The highest BCUT2D eigenvalue weighted by Gasteiger charge is 2.21. The summed E-state index contributed by atoms with van der Waals surface area (Å²) in [6, 6.07) is 16.0. The van der Waals surface area contributed by atoms with Crippen LogP contribution in [-0.4, -0.2) is 57.4 Å². The summed E-state index contributed by atoms with van der Waals surface area (Å²) in [7, 11) is 0. The van der Waals surface area contributed by atoms with Gasteiger partial charge >= 0.3 is 0 Å². The average molecular weight is 461 g/mol. The van der Waals surface area contributed by atoms with Gasteiger partial charge in [-0.3, -0.25) is 9.69 Å². The van der Waals surface area contributed by atoms with Crippen LogP contribution in [0.3, 0.4) is 0 Å². The van der Waals surface area contributed by atoms with Crippen LogP contribution in [0.4, 0.5) is 5.88 Å². The number of piperidine rings is 1. The first-order chi connectivity index (χ1) is 16.7. The van der Waals surface area contributed by atoms with Crippen LogP contribution < -0.4 is 15.1 Å². The van der Waals surface area contributed by atoms with Crippen LogP contribution in [-0.2, 0) is 4.74 Å². The molecule has 0 radical (unpaired) electrons. The highest BCUT2D eigenvalue weighted by Crippen LogP contribution is 2.31. The molecule has 2 fully saturated rings. The molecule has 6 heteroatoms. The summed E-state index contributed by atoms with van der Waals surface area (Å²) in [4.78, 5) is 17.3. The van der Waals surface area contributed by atoms with Crippen molar-refractivity contribution in [2.45, 2.75) is 18.8 Å². The number of hydrogen-bond acceptors (Lipinski definition) is 6. The van der Waals surface area contributed by atoms with Crippen molar-refractivity contribution in [3.05, 3.63) is 76.5 Å². The van der Waals surface area contributed by atoms with Crippen molar-refractivity contribution < 1.29 is 13.9 Å². The third-order valence-corrected chi connectivity index (χ3v) is 6.93. The Morgan fingerprint density at radius 1 is 1.03 bits per heavy atom. The third kappa shape index (κ3) is 4.88. The highest BCUT2D eigenvalue weighted by atomic mass is 16.5. The molecule has 0 N–H and O–H groups in total. The van der Waals surface area contributed by atoms with E-state index in [1.807, 2.05) is 11.0 Å².